The van der Waals surface area contributed by atoms with Crippen molar-refractivity contribution in [1.82, 2.24) is 0 Å². The van der Waals surface area contributed by atoms with E-state index in [-0.39, 0.29) is 17.3 Å². The molecule has 3 rings (SSSR count). The minimum Gasteiger partial charge on any atom is -0.294 e. The van der Waals surface area contributed by atoms with Gasteiger partial charge in [-0.25, -0.2) is 12.8 Å². The summed E-state index contributed by atoms with van der Waals surface area (Å²) in [5, 5.41) is -0.822. The van der Waals surface area contributed by atoms with Gasteiger partial charge in [-0.15, -0.1) is 0 Å². The molecule has 21 heavy (non-hydrogen) atoms. The molecule has 0 saturated carbocycles. The number of hydrogen-bond donors (Lipinski definition) is 0. The Bertz CT molecular complexity index is 641. The first-order valence-electron chi connectivity index (χ1n) is 7.43. The molecule has 0 amide bonds. The molecule has 114 valence electrons. The van der Waals surface area contributed by atoms with Crippen molar-refractivity contribution >= 4 is 15.6 Å². The molecule has 0 N–H and O–H groups in total. The van der Waals surface area contributed by atoms with E-state index in [0.29, 0.717) is 31.2 Å². The summed E-state index contributed by atoms with van der Waals surface area (Å²) in [5.74, 6) is -1.09. The monoisotopic (exact) mass is 310 g/mol. The van der Waals surface area contributed by atoms with Gasteiger partial charge in [-0.05, 0) is 44.2 Å². The van der Waals surface area contributed by atoms with Crippen molar-refractivity contribution in [3.63, 3.8) is 0 Å². The number of carbonyl (C=O) groups excluding carboxylic acids is 1. The Morgan fingerprint density at radius 1 is 1.19 bits per heavy atom. The molecule has 2 atom stereocenters. The molecule has 1 aromatic rings. The molecule has 2 bridgehead atoms. The first-order chi connectivity index (χ1) is 9.91. The molecule has 1 aromatic carbocycles. The summed E-state index contributed by atoms with van der Waals surface area (Å²) >= 11 is 0. The minimum absolute atomic E-state index is 0.139. The van der Waals surface area contributed by atoms with E-state index in [1.807, 2.05) is 0 Å². The molecule has 2 aliphatic heterocycles. The van der Waals surface area contributed by atoms with E-state index >= 15 is 0 Å². The van der Waals surface area contributed by atoms with E-state index in [0.717, 1.165) is 6.42 Å². The van der Waals surface area contributed by atoms with Gasteiger partial charge >= 0.3 is 0 Å². The normalized spacial score (nSPS) is 30.9. The van der Waals surface area contributed by atoms with E-state index in [4.69, 9.17) is 0 Å². The quantitative estimate of drug-likeness (QED) is 0.789. The van der Waals surface area contributed by atoms with Crippen LogP contribution in [-0.4, -0.2) is 24.7 Å². The first kappa shape index (κ1) is 14.7. The SMILES string of the molecule is Cc1cccc(F)c1C(=O)C1CC2CCCC(C1)S2(=O)=O. The zero-order valence-electron chi connectivity index (χ0n) is 12.0. The number of sulfone groups is 1. The van der Waals surface area contributed by atoms with Crippen LogP contribution in [0.2, 0.25) is 0 Å². The van der Waals surface area contributed by atoms with Crippen molar-refractivity contribution in [3.8, 4) is 0 Å². The second-order valence-electron chi connectivity index (χ2n) is 6.23. The minimum atomic E-state index is -3.08. The third kappa shape index (κ3) is 2.41. The largest absolute Gasteiger partial charge is 0.294 e. The number of fused-ring (bicyclic) bond motifs is 2. The molecular formula is C16H19FO3S. The highest BCUT2D eigenvalue weighted by molar-refractivity contribution is 7.92. The van der Waals surface area contributed by atoms with Gasteiger partial charge in [0.05, 0.1) is 16.1 Å². The molecule has 0 spiro atoms. The number of halogens is 1. The van der Waals surface area contributed by atoms with Crippen molar-refractivity contribution in [2.45, 2.75) is 49.5 Å². The Morgan fingerprint density at radius 3 is 2.38 bits per heavy atom. The van der Waals surface area contributed by atoms with Gasteiger partial charge in [0.25, 0.3) is 0 Å². The lowest BCUT2D eigenvalue weighted by Crippen LogP contribution is -2.45. The summed E-state index contributed by atoms with van der Waals surface area (Å²) in [7, 11) is -3.08. The Hall–Kier alpha value is -1.23. The second-order valence-corrected chi connectivity index (χ2v) is 8.74. The highest BCUT2D eigenvalue weighted by atomic mass is 32.2. The number of carbonyl (C=O) groups is 1. The molecule has 2 fully saturated rings. The van der Waals surface area contributed by atoms with Gasteiger partial charge in [-0.2, -0.15) is 0 Å². The Balaban J connectivity index is 1.91. The third-order valence-corrected chi connectivity index (χ3v) is 7.63. The van der Waals surface area contributed by atoms with Gasteiger partial charge in [-0.3, -0.25) is 4.79 Å². The van der Waals surface area contributed by atoms with Crippen LogP contribution in [0.15, 0.2) is 18.2 Å². The van der Waals surface area contributed by atoms with Crippen LogP contribution in [-0.2, 0) is 9.84 Å². The zero-order valence-corrected chi connectivity index (χ0v) is 12.8. The molecule has 2 aliphatic rings. The first-order valence-corrected chi connectivity index (χ1v) is 9.04. The van der Waals surface area contributed by atoms with Crippen LogP contribution in [0, 0.1) is 18.7 Å². The number of rotatable bonds is 2. The third-order valence-electron chi connectivity index (χ3n) is 4.92. The summed E-state index contributed by atoms with van der Waals surface area (Å²) in [6.07, 6.45) is 2.89. The molecular weight excluding hydrogens is 291 g/mol. The standard InChI is InChI=1S/C16H19FO3S/c1-10-4-2-7-14(17)15(10)16(18)11-8-12-5-3-6-13(9-11)21(12,19)20/h2,4,7,11-13H,3,5-6,8-9H2,1H3. The van der Waals surface area contributed by atoms with Gasteiger partial charge in [0.15, 0.2) is 15.6 Å². The lowest BCUT2D eigenvalue weighted by molar-refractivity contribution is 0.0889. The fourth-order valence-electron chi connectivity index (χ4n) is 3.77. The molecule has 0 radical (unpaired) electrons. The van der Waals surface area contributed by atoms with E-state index in [1.54, 1.807) is 19.1 Å². The van der Waals surface area contributed by atoms with Crippen molar-refractivity contribution in [2.75, 3.05) is 0 Å². The van der Waals surface area contributed by atoms with Gasteiger partial charge < -0.3 is 0 Å². The number of aryl methyl sites for hydroxylation is 1. The van der Waals surface area contributed by atoms with Crippen LogP contribution in [0.3, 0.4) is 0 Å². The van der Waals surface area contributed by atoms with Gasteiger partial charge in [0.1, 0.15) is 5.82 Å². The maximum absolute atomic E-state index is 14.0. The highest BCUT2D eigenvalue weighted by Crippen LogP contribution is 2.40. The van der Waals surface area contributed by atoms with Crippen LogP contribution in [0.1, 0.15) is 48.0 Å². The van der Waals surface area contributed by atoms with Gasteiger partial charge in [-0.1, -0.05) is 18.6 Å². The smallest absolute Gasteiger partial charge is 0.169 e. The highest BCUT2D eigenvalue weighted by Gasteiger charge is 2.46. The maximum atomic E-state index is 14.0. The van der Waals surface area contributed by atoms with E-state index in [9.17, 15) is 17.6 Å². The van der Waals surface area contributed by atoms with Crippen LogP contribution in [0.25, 0.3) is 0 Å². The number of Topliss-reactive ketones (excluding diaryl/α,β-unsaturated/α-hetero) is 1. The van der Waals surface area contributed by atoms with Gasteiger partial charge in [0.2, 0.25) is 0 Å². The van der Waals surface area contributed by atoms with Crippen LogP contribution >= 0.6 is 0 Å². The molecule has 2 heterocycles. The predicted molar refractivity (Wildman–Crippen MR) is 78.5 cm³/mol. The Morgan fingerprint density at radius 2 is 1.81 bits per heavy atom. The summed E-state index contributed by atoms with van der Waals surface area (Å²) in [6.45, 7) is 1.72. The molecule has 5 heteroatoms. The zero-order chi connectivity index (χ0) is 15.2. The van der Waals surface area contributed by atoms with Crippen molar-refractivity contribution in [3.05, 3.63) is 35.1 Å². The van der Waals surface area contributed by atoms with Crippen LogP contribution in [0.4, 0.5) is 4.39 Å². The van der Waals surface area contributed by atoms with Crippen molar-refractivity contribution in [2.24, 2.45) is 5.92 Å². The predicted octanol–water partition coefficient (Wildman–Crippen LogP) is 3.06. The lowest BCUT2D eigenvalue weighted by Gasteiger charge is -2.38. The van der Waals surface area contributed by atoms with Crippen molar-refractivity contribution < 1.29 is 17.6 Å². The molecule has 3 nitrogen and oxygen atoms in total. The van der Waals surface area contributed by atoms with E-state index in [1.165, 1.54) is 6.07 Å². The van der Waals surface area contributed by atoms with E-state index in [2.05, 4.69) is 0 Å². The molecule has 0 aliphatic carbocycles. The number of ketones is 1. The van der Waals surface area contributed by atoms with Gasteiger partial charge in [0, 0.05) is 5.92 Å². The second kappa shape index (κ2) is 5.20. The molecule has 2 saturated heterocycles. The Labute approximate surface area is 124 Å². The maximum Gasteiger partial charge on any atom is 0.169 e. The molecule has 2 unspecified atom stereocenters. The lowest BCUT2D eigenvalue weighted by atomic mass is 9.83. The van der Waals surface area contributed by atoms with Crippen LogP contribution < -0.4 is 0 Å². The topological polar surface area (TPSA) is 51.2 Å². The van der Waals surface area contributed by atoms with Crippen molar-refractivity contribution in [1.29, 1.82) is 0 Å². The fourth-order valence-corrected chi connectivity index (χ4v) is 6.31. The fraction of sp³-hybridized carbons (Fsp3) is 0.562. The summed E-state index contributed by atoms with van der Waals surface area (Å²) in [4.78, 5) is 12.6. The summed E-state index contributed by atoms with van der Waals surface area (Å²) in [6, 6.07) is 4.60. The summed E-state index contributed by atoms with van der Waals surface area (Å²) in [5.41, 5.74) is 0.762. The van der Waals surface area contributed by atoms with E-state index < -0.39 is 26.2 Å². The average Bonchev–Trinajstić information content (AvgIpc) is 2.36. The molecule has 0 aromatic heterocycles. The average molecular weight is 310 g/mol. The van der Waals surface area contributed by atoms with Crippen LogP contribution in [0.5, 0.6) is 0 Å². The number of hydrogen-bond acceptors (Lipinski definition) is 3. The number of benzene rings is 1. The Kier molecular flexibility index (Phi) is 3.64. The summed E-state index contributed by atoms with van der Waals surface area (Å²) < 4.78 is 38.5.